The van der Waals surface area contributed by atoms with Crippen molar-refractivity contribution in [3.63, 3.8) is 0 Å². The Morgan fingerprint density at radius 3 is 1.80 bits per heavy atom. The van der Waals surface area contributed by atoms with E-state index in [-0.39, 0.29) is 12.6 Å². The summed E-state index contributed by atoms with van der Waals surface area (Å²) >= 11 is 0. The van der Waals surface area contributed by atoms with Gasteiger partial charge in [0.1, 0.15) is 6.61 Å². The molecule has 140 valence electrons. The van der Waals surface area contributed by atoms with Crippen LogP contribution in [-0.2, 0) is 14.3 Å². The zero-order chi connectivity index (χ0) is 18.4. The summed E-state index contributed by atoms with van der Waals surface area (Å²) in [4.78, 5) is 21.2. The summed E-state index contributed by atoms with van der Waals surface area (Å²) in [5, 5.41) is 0. The van der Waals surface area contributed by atoms with Crippen LogP contribution >= 0.6 is 0 Å². The highest BCUT2D eigenvalue weighted by Crippen LogP contribution is 2.01. The second-order valence-corrected chi connectivity index (χ2v) is 5.83. The maximum atomic E-state index is 11.1. The van der Waals surface area contributed by atoms with Gasteiger partial charge in [-0.25, -0.2) is 0 Å². The van der Waals surface area contributed by atoms with Crippen LogP contribution in [0.3, 0.4) is 0 Å². The van der Waals surface area contributed by atoms with E-state index in [1.807, 2.05) is 0 Å². The highest BCUT2D eigenvalue weighted by molar-refractivity contribution is 5.71. The zero-order valence-electron chi connectivity index (χ0n) is 15.7. The molecule has 0 N–H and O–H groups in total. The van der Waals surface area contributed by atoms with Crippen LogP contribution in [0.15, 0.2) is 48.6 Å². The molecule has 0 spiro atoms. The number of unbranched alkanes of at least 4 members (excludes halogenated alkanes) is 4. The van der Waals surface area contributed by atoms with Crippen molar-refractivity contribution in [2.45, 2.75) is 71.1 Å². The van der Waals surface area contributed by atoms with E-state index in [0.717, 1.165) is 32.1 Å². The van der Waals surface area contributed by atoms with Gasteiger partial charge in [-0.05, 0) is 44.9 Å². The van der Waals surface area contributed by atoms with Crippen molar-refractivity contribution < 1.29 is 14.3 Å². The summed E-state index contributed by atoms with van der Waals surface area (Å²) < 4.78 is 4.67. The average Bonchev–Trinajstić information content (AvgIpc) is 2.62. The fourth-order valence-electron chi connectivity index (χ4n) is 2.12. The Hall–Kier alpha value is -1.90. The number of carbonyl (C=O) groups is 2. The highest BCUT2D eigenvalue weighted by Gasteiger charge is 1.99. The van der Waals surface area contributed by atoms with Gasteiger partial charge in [-0.1, -0.05) is 68.4 Å². The van der Waals surface area contributed by atoms with Crippen molar-refractivity contribution in [1.29, 1.82) is 0 Å². The topological polar surface area (TPSA) is 43.4 Å². The van der Waals surface area contributed by atoms with Gasteiger partial charge in [0.05, 0.1) is 0 Å². The molecule has 0 aromatic rings. The van der Waals surface area contributed by atoms with E-state index < -0.39 is 0 Å². The summed E-state index contributed by atoms with van der Waals surface area (Å²) in [7, 11) is 0. The molecular formula is C22H34O3. The van der Waals surface area contributed by atoms with Gasteiger partial charge in [-0.2, -0.15) is 0 Å². The third kappa shape index (κ3) is 20.1. The normalized spacial score (nSPS) is 12.0. The van der Waals surface area contributed by atoms with Crippen LogP contribution in [0.4, 0.5) is 0 Å². The highest BCUT2D eigenvalue weighted by atomic mass is 16.5. The van der Waals surface area contributed by atoms with Gasteiger partial charge in [0.2, 0.25) is 0 Å². The van der Waals surface area contributed by atoms with Crippen molar-refractivity contribution >= 4 is 12.3 Å². The third-order valence-electron chi connectivity index (χ3n) is 3.52. The van der Waals surface area contributed by atoms with E-state index in [2.05, 4.69) is 60.3 Å². The largest absolute Gasteiger partial charge is 0.458 e. The molecule has 3 nitrogen and oxygen atoms in total. The van der Waals surface area contributed by atoms with Crippen LogP contribution in [0, 0.1) is 0 Å². The minimum atomic E-state index is -0.303. The molecule has 0 rings (SSSR count). The molecule has 0 amide bonds. The summed E-state index contributed by atoms with van der Waals surface area (Å²) in [6.45, 7) is 2.09. The van der Waals surface area contributed by atoms with Gasteiger partial charge >= 0.3 is 5.97 Å². The van der Waals surface area contributed by atoms with Crippen LogP contribution in [0.2, 0.25) is 0 Å². The maximum Gasteiger partial charge on any atom is 0.306 e. The Labute approximate surface area is 153 Å². The molecule has 0 aromatic heterocycles. The molecular weight excluding hydrogens is 312 g/mol. The lowest BCUT2D eigenvalue weighted by Crippen LogP contribution is -2.05. The molecule has 0 atom stereocenters. The third-order valence-corrected chi connectivity index (χ3v) is 3.52. The molecule has 3 heteroatoms. The van der Waals surface area contributed by atoms with Gasteiger partial charge < -0.3 is 4.74 Å². The first kappa shape index (κ1) is 23.1. The Balaban J connectivity index is 3.46. The summed E-state index contributed by atoms with van der Waals surface area (Å²) in [6.07, 6.45) is 28.0. The van der Waals surface area contributed by atoms with Crippen molar-refractivity contribution in [3.8, 4) is 0 Å². The number of rotatable bonds is 16. The molecule has 0 saturated carbocycles. The number of hydrogen-bond donors (Lipinski definition) is 0. The molecule has 0 bridgehead atoms. The smallest absolute Gasteiger partial charge is 0.306 e. The molecule has 0 aliphatic rings. The zero-order valence-corrected chi connectivity index (χ0v) is 15.7. The molecule has 0 aromatic carbocycles. The SMILES string of the molecule is CCCCC/C=C\C/C=C\C/C=C\C/C=C\CCCC(=O)OCC=O. The monoisotopic (exact) mass is 346 g/mol. The summed E-state index contributed by atoms with van der Waals surface area (Å²) in [6, 6.07) is 0. The minimum absolute atomic E-state index is 0.136. The lowest BCUT2D eigenvalue weighted by Gasteiger charge is -1.98. The first-order valence-corrected chi connectivity index (χ1v) is 9.50. The Bertz CT molecular complexity index is 431. The number of hydrogen-bond acceptors (Lipinski definition) is 3. The van der Waals surface area contributed by atoms with Crippen molar-refractivity contribution in [3.05, 3.63) is 48.6 Å². The average molecular weight is 347 g/mol. The van der Waals surface area contributed by atoms with E-state index in [9.17, 15) is 9.59 Å². The van der Waals surface area contributed by atoms with Crippen molar-refractivity contribution in [2.75, 3.05) is 6.61 Å². The van der Waals surface area contributed by atoms with Crippen molar-refractivity contribution in [1.82, 2.24) is 0 Å². The van der Waals surface area contributed by atoms with Gasteiger partial charge in [-0.3, -0.25) is 9.59 Å². The molecule has 0 aliphatic heterocycles. The Morgan fingerprint density at radius 2 is 1.28 bits per heavy atom. The molecule has 0 fully saturated rings. The number of allylic oxidation sites excluding steroid dienone is 8. The fourth-order valence-corrected chi connectivity index (χ4v) is 2.12. The van der Waals surface area contributed by atoms with Gasteiger partial charge in [-0.15, -0.1) is 0 Å². The van der Waals surface area contributed by atoms with Gasteiger partial charge in [0, 0.05) is 6.42 Å². The Kier molecular flexibility index (Phi) is 18.6. The summed E-state index contributed by atoms with van der Waals surface area (Å²) in [5.41, 5.74) is 0. The molecule has 0 unspecified atom stereocenters. The summed E-state index contributed by atoms with van der Waals surface area (Å²) in [5.74, 6) is -0.303. The second kappa shape index (κ2) is 20.1. The lowest BCUT2D eigenvalue weighted by molar-refractivity contribution is -0.145. The standard InChI is InChI=1S/C22H34O3/c1-2-3-4-5-6-7-8-9-10-11-12-13-14-15-16-17-18-19-22(24)25-21-20-23/h6-7,9-10,12-13,15-16,20H,2-5,8,11,14,17-19,21H2,1H3/b7-6-,10-9-,13-12-,16-15-. The van der Waals surface area contributed by atoms with Crippen LogP contribution in [0.5, 0.6) is 0 Å². The first-order chi connectivity index (χ1) is 12.3. The van der Waals surface area contributed by atoms with Gasteiger partial charge in [0.25, 0.3) is 0 Å². The fraction of sp³-hybridized carbons (Fsp3) is 0.545. The number of carbonyl (C=O) groups excluding carboxylic acids is 2. The van der Waals surface area contributed by atoms with E-state index in [1.54, 1.807) is 0 Å². The minimum Gasteiger partial charge on any atom is -0.458 e. The Morgan fingerprint density at radius 1 is 0.760 bits per heavy atom. The second-order valence-electron chi connectivity index (χ2n) is 5.83. The first-order valence-electron chi connectivity index (χ1n) is 9.50. The molecule has 25 heavy (non-hydrogen) atoms. The number of ether oxygens (including phenoxy) is 1. The lowest BCUT2D eigenvalue weighted by atomic mass is 10.2. The number of esters is 1. The molecule has 0 radical (unpaired) electrons. The van der Waals surface area contributed by atoms with Gasteiger partial charge in [0.15, 0.2) is 6.29 Å². The van der Waals surface area contributed by atoms with Crippen LogP contribution < -0.4 is 0 Å². The van der Waals surface area contributed by atoms with E-state index in [4.69, 9.17) is 0 Å². The van der Waals surface area contributed by atoms with Crippen molar-refractivity contribution in [2.24, 2.45) is 0 Å². The quantitative estimate of drug-likeness (QED) is 0.152. The molecule has 0 aliphatic carbocycles. The van der Waals surface area contributed by atoms with E-state index in [1.165, 1.54) is 25.7 Å². The predicted molar refractivity (Wildman–Crippen MR) is 105 cm³/mol. The number of aldehydes is 1. The molecule has 0 saturated heterocycles. The molecule has 0 heterocycles. The predicted octanol–water partition coefficient (Wildman–Crippen LogP) is 5.87. The van der Waals surface area contributed by atoms with E-state index >= 15 is 0 Å². The van der Waals surface area contributed by atoms with Crippen LogP contribution in [-0.4, -0.2) is 18.9 Å². The van der Waals surface area contributed by atoms with Crippen LogP contribution in [0.1, 0.15) is 71.1 Å². The van der Waals surface area contributed by atoms with Crippen LogP contribution in [0.25, 0.3) is 0 Å². The maximum absolute atomic E-state index is 11.1. The van der Waals surface area contributed by atoms with E-state index in [0.29, 0.717) is 12.7 Å².